The summed E-state index contributed by atoms with van der Waals surface area (Å²) < 4.78 is 53.6. The van der Waals surface area contributed by atoms with Crippen molar-refractivity contribution < 1.29 is 22.3 Å². The molecule has 152 valence electrons. The molecule has 0 aromatic heterocycles. The molecule has 0 aliphatic carbocycles. The molecule has 0 unspecified atom stereocenters. The summed E-state index contributed by atoms with van der Waals surface area (Å²) in [5.41, 5.74) is 1.16. The lowest BCUT2D eigenvalue weighted by Crippen LogP contribution is -2.07. The molecule has 30 heavy (non-hydrogen) atoms. The van der Waals surface area contributed by atoms with Crippen molar-refractivity contribution >= 4 is 20.6 Å². The van der Waals surface area contributed by atoms with Gasteiger partial charge in [-0.05, 0) is 65.2 Å². The molecule has 6 heteroatoms. The van der Waals surface area contributed by atoms with Crippen LogP contribution in [0.1, 0.15) is 18.6 Å². The van der Waals surface area contributed by atoms with Crippen molar-refractivity contribution in [2.75, 3.05) is 0 Å². The van der Waals surface area contributed by atoms with Crippen molar-refractivity contribution in [1.82, 2.24) is 0 Å². The maximum absolute atomic E-state index is 14.1. The van der Waals surface area contributed by atoms with Gasteiger partial charge in [0.25, 0.3) is 0 Å². The van der Waals surface area contributed by atoms with Crippen molar-refractivity contribution in [1.29, 1.82) is 0 Å². The molecule has 0 spiro atoms. The van der Waals surface area contributed by atoms with Gasteiger partial charge >= 0.3 is 0 Å². The average molecular weight is 424 g/mol. The van der Waals surface area contributed by atoms with E-state index < -0.39 is 27.6 Å². The highest BCUT2D eigenvalue weighted by molar-refractivity contribution is 7.91. The zero-order chi connectivity index (χ0) is 21.5. The number of aliphatic hydroxyl groups is 1. The van der Waals surface area contributed by atoms with Crippen molar-refractivity contribution in [3.8, 4) is 11.1 Å². The van der Waals surface area contributed by atoms with Crippen LogP contribution >= 0.6 is 0 Å². The molecule has 4 aromatic rings. The van der Waals surface area contributed by atoms with Crippen LogP contribution in [-0.4, -0.2) is 13.5 Å². The number of benzene rings is 4. The summed E-state index contributed by atoms with van der Waals surface area (Å²) in [6, 6.07) is 19.5. The molecule has 4 rings (SSSR count). The van der Waals surface area contributed by atoms with Gasteiger partial charge in [0.1, 0.15) is 11.6 Å². The van der Waals surface area contributed by atoms with Crippen LogP contribution in [0.25, 0.3) is 21.9 Å². The van der Waals surface area contributed by atoms with E-state index in [0.29, 0.717) is 16.5 Å². The molecule has 0 heterocycles. The first-order chi connectivity index (χ1) is 14.3. The summed E-state index contributed by atoms with van der Waals surface area (Å²) in [6.07, 6.45) is -0.926. The van der Waals surface area contributed by atoms with Gasteiger partial charge in [-0.1, -0.05) is 36.4 Å². The second-order valence-electron chi connectivity index (χ2n) is 7.07. The number of hydrogen-bond donors (Lipinski definition) is 1. The Morgan fingerprint density at radius 2 is 1.53 bits per heavy atom. The monoisotopic (exact) mass is 424 g/mol. The summed E-state index contributed by atoms with van der Waals surface area (Å²) in [5.74, 6) is -1.31. The Morgan fingerprint density at radius 1 is 0.833 bits per heavy atom. The highest BCUT2D eigenvalue weighted by Gasteiger charge is 2.23. The molecule has 0 bridgehead atoms. The van der Waals surface area contributed by atoms with Gasteiger partial charge in [-0.15, -0.1) is 0 Å². The molecular formula is C24H18F2O3S. The number of rotatable bonds is 4. The normalized spacial score (nSPS) is 12.8. The van der Waals surface area contributed by atoms with E-state index in [2.05, 4.69) is 0 Å². The minimum Gasteiger partial charge on any atom is -0.389 e. The molecule has 0 fully saturated rings. The number of aliphatic hydroxyl groups excluding tert-OH is 1. The molecule has 4 aromatic carbocycles. The Bertz CT molecular complexity index is 1360. The molecule has 1 N–H and O–H groups in total. The van der Waals surface area contributed by atoms with Crippen LogP contribution in [0.5, 0.6) is 0 Å². The van der Waals surface area contributed by atoms with E-state index in [0.717, 1.165) is 11.5 Å². The van der Waals surface area contributed by atoms with E-state index in [1.807, 2.05) is 0 Å². The quantitative estimate of drug-likeness (QED) is 0.459. The Balaban J connectivity index is 1.80. The Labute approximate surface area is 173 Å². The summed E-state index contributed by atoms with van der Waals surface area (Å²) in [7, 11) is -3.84. The van der Waals surface area contributed by atoms with E-state index in [1.165, 1.54) is 31.2 Å². The van der Waals surface area contributed by atoms with Crippen molar-refractivity contribution in [3.63, 3.8) is 0 Å². The molecule has 0 amide bonds. The smallest absolute Gasteiger partial charge is 0.206 e. The lowest BCUT2D eigenvalue weighted by molar-refractivity contribution is 0.196. The minimum atomic E-state index is -3.84. The molecule has 0 aliphatic heterocycles. The highest BCUT2D eigenvalue weighted by atomic mass is 32.2. The zero-order valence-electron chi connectivity index (χ0n) is 16.0. The van der Waals surface area contributed by atoms with Gasteiger partial charge in [0.15, 0.2) is 0 Å². The summed E-state index contributed by atoms with van der Waals surface area (Å²) in [6.45, 7) is 1.52. The SMILES string of the molecule is C[C@H](O)c1ccccc1S(=O)(=O)c1ccc2cc(-c3ccc(F)cc3F)ccc2c1. The number of fused-ring (bicyclic) bond motifs is 1. The Morgan fingerprint density at radius 3 is 2.27 bits per heavy atom. The number of halogens is 2. The number of sulfone groups is 1. The second kappa shape index (κ2) is 7.63. The largest absolute Gasteiger partial charge is 0.389 e. The molecule has 1 atom stereocenters. The van der Waals surface area contributed by atoms with Gasteiger partial charge in [-0.3, -0.25) is 0 Å². The van der Waals surface area contributed by atoms with Crippen LogP contribution < -0.4 is 0 Å². The fraction of sp³-hybridized carbons (Fsp3) is 0.0833. The molecule has 0 saturated carbocycles. The molecule has 0 aliphatic rings. The molecular weight excluding hydrogens is 406 g/mol. The average Bonchev–Trinajstić information content (AvgIpc) is 2.73. The van der Waals surface area contributed by atoms with Gasteiger partial charge in [-0.25, -0.2) is 17.2 Å². The van der Waals surface area contributed by atoms with Crippen LogP contribution in [0.3, 0.4) is 0 Å². The van der Waals surface area contributed by atoms with Gasteiger partial charge in [0, 0.05) is 11.6 Å². The Kier molecular flexibility index (Phi) is 5.13. The van der Waals surface area contributed by atoms with E-state index in [1.54, 1.807) is 48.5 Å². The first-order valence-corrected chi connectivity index (χ1v) is 10.8. The Hall–Kier alpha value is -3.09. The topological polar surface area (TPSA) is 54.4 Å². The van der Waals surface area contributed by atoms with Crippen LogP contribution in [0.15, 0.2) is 88.7 Å². The fourth-order valence-corrected chi connectivity index (χ4v) is 5.07. The zero-order valence-corrected chi connectivity index (χ0v) is 16.8. The standard InChI is InChI=1S/C24H18F2O3S/c1-15(27)21-4-2-3-5-24(21)30(28,29)20-10-8-16-12-18(7-6-17(16)13-20)22-11-9-19(25)14-23(22)26/h2-15,27H,1H3/t15-/m0/s1. The lowest BCUT2D eigenvalue weighted by atomic mass is 10.0. The van der Waals surface area contributed by atoms with Gasteiger partial charge in [0.2, 0.25) is 9.84 Å². The van der Waals surface area contributed by atoms with Crippen LogP contribution in [-0.2, 0) is 9.84 Å². The van der Waals surface area contributed by atoms with Crippen molar-refractivity contribution in [2.24, 2.45) is 0 Å². The maximum Gasteiger partial charge on any atom is 0.206 e. The predicted octanol–water partition coefficient (Wildman–Crippen LogP) is 5.67. The second-order valence-corrected chi connectivity index (χ2v) is 8.98. The minimum absolute atomic E-state index is 0.0596. The maximum atomic E-state index is 14.1. The lowest BCUT2D eigenvalue weighted by Gasteiger charge is -2.13. The molecule has 3 nitrogen and oxygen atoms in total. The third-order valence-electron chi connectivity index (χ3n) is 5.02. The molecule has 0 saturated heterocycles. The van der Waals surface area contributed by atoms with Crippen molar-refractivity contribution in [2.45, 2.75) is 22.8 Å². The van der Waals surface area contributed by atoms with Crippen LogP contribution in [0, 0.1) is 11.6 Å². The van der Waals surface area contributed by atoms with Gasteiger partial charge in [0.05, 0.1) is 15.9 Å². The van der Waals surface area contributed by atoms with Crippen LogP contribution in [0.4, 0.5) is 8.78 Å². The molecule has 0 radical (unpaired) electrons. The van der Waals surface area contributed by atoms with Crippen LogP contribution in [0.2, 0.25) is 0 Å². The van der Waals surface area contributed by atoms with Gasteiger partial charge < -0.3 is 5.11 Å². The van der Waals surface area contributed by atoms with Gasteiger partial charge in [-0.2, -0.15) is 0 Å². The first-order valence-electron chi connectivity index (χ1n) is 9.29. The van der Waals surface area contributed by atoms with Crippen molar-refractivity contribution in [3.05, 3.63) is 96.1 Å². The summed E-state index contributed by atoms with van der Waals surface area (Å²) >= 11 is 0. The first kappa shape index (κ1) is 20.2. The predicted molar refractivity (Wildman–Crippen MR) is 112 cm³/mol. The highest BCUT2D eigenvalue weighted by Crippen LogP contribution is 2.32. The van der Waals surface area contributed by atoms with E-state index in [4.69, 9.17) is 0 Å². The summed E-state index contributed by atoms with van der Waals surface area (Å²) in [4.78, 5) is 0.160. The van der Waals surface area contributed by atoms with E-state index >= 15 is 0 Å². The third-order valence-corrected chi connectivity index (χ3v) is 6.85. The van der Waals surface area contributed by atoms with E-state index in [9.17, 15) is 22.3 Å². The summed E-state index contributed by atoms with van der Waals surface area (Å²) in [5, 5.41) is 11.3. The van der Waals surface area contributed by atoms with E-state index in [-0.39, 0.29) is 15.4 Å². The fourth-order valence-electron chi connectivity index (χ4n) is 3.48. The third kappa shape index (κ3) is 3.60. The number of hydrogen-bond acceptors (Lipinski definition) is 3.